The average Bonchev–Trinajstić information content (AvgIpc) is 2.55. The number of piperidine rings is 1. The van der Waals surface area contributed by atoms with E-state index in [0.29, 0.717) is 5.11 Å². The summed E-state index contributed by atoms with van der Waals surface area (Å²) in [7, 11) is 0. The fraction of sp³-hybridized carbons (Fsp3) is 0.632. The Balaban J connectivity index is 1.61. The normalized spacial score (nSPS) is 16.2. The van der Waals surface area contributed by atoms with Gasteiger partial charge in [0.05, 0.1) is 6.10 Å². The van der Waals surface area contributed by atoms with Crippen LogP contribution in [0.25, 0.3) is 0 Å². The van der Waals surface area contributed by atoms with E-state index in [-0.39, 0.29) is 6.10 Å². The molecule has 2 rings (SSSR count). The number of thiocarbonyl (C=S) groups is 1. The quantitative estimate of drug-likeness (QED) is 0.577. The molecule has 1 aromatic rings. The van der Waals surface area contributed by atoms with Gasteiger partial charge in [-0.05, 0) is 95.1 Å². The highest BCUT2D eigenvalue weighted by molar-refractivity contribution is 7.80. The molecule has 0 amide bonds. The maximum atomic E-state index is 5.64. The van der Waals surface area contributed by atoms with Crippen LogP contribution in [-0.2, 0) is 0 Å². The largest absolute Gasteiger partial charge is 0.491 e. The zero-order chi connectivity index (χ0) is 17.4. The van der Waals surface area contributed by atoms with Gasteiger partial charge in [0.25, 0.3) is 0 Å². The van der Waals surface area contributed by atoms with Gasteiger partial charge in [-0.15, -0.1) is 0 Å². The first-order valence-electron chi connectivity index (χ1n) is 9.07. The Morgan fingerprint density at radius 3 is 2.54 bits per heavy atom. The molecule has 1 heterocycles. The summed E-state index contributed by atoms with van der Waals surface area (Å²) in [5, 5.41) is 7.19. The minimum absolute atomic E-state index is 0.190. The molecule has 1 fully saturated rings. The first-order valence-corrected chi connectivity index (χ1v) is 9.47. The molecule has 1 aliphatic rings. The summed E-state index contributed by atoms with van der Waals surface area (Å²) in [5.41, 5.74) is 0.980. The topological polar surface area (TPSA) is 36.5 Å². The predicted molar refractivity (Wildman–Crippen MR) is 106 cm³/mol. The minimum Gasteiger partial charge on any atom is -0.491 e. The van der Waals surface area contributed by atoms with Crippen LogP contribution in [0.1, 0.15) is 40.0 Å². The Bertz CT molecular complexity index is 496. The third-order valence-corrected chi connectivity index (χ3v) is 4.54. The number of likely N-dealkylation sites (tertiary alicyclic amines) is 1. The highest BCUT2D eigenvalue weighted by atomic mass is 32.1. The van der Waals surface area contributed by atoms with Crippen LogP contribution in [-0.4, -0.2) is 42.3 Å². The van der Waals surface area contributed by atoms with E-state index in [9.17, 15) is 0 Å². The van der Waals surface area contributed by atoms with Crippen molar-refractivity contribution in [2.45, 2.75) is 46.1 Å². The molecule has 0 bridgehead atoms. The van der Waals surface area contributed by atoms with Gasteiger partial charge in [0, 0.05) is 12.2 Å². The van der Waals surface area contributed by atoms with Gasteiger partial charge in [-0.1, -0.05) is 6.92 Å². The number of anilines is 1. The molecular formula is C19H31N3OS. The van der Waals surface area contributed by atoms with Gasteiger partial charge in [0.15, 0.2) is 5.11 Å². The molecule has 24 heavy (non-hydrogen) atoms. The standard InChI is InChI=1S/C19H31N3OS/c1-15(2)23-18-7-5-17(6-8-18)21-19(24)20-11-4-12-22-13-9-16(3)10-14-22/h5-8,15-16H,4,9-14H2,1-3H3,(H2,20,21,24). The molecule has 1 saturated heterocycles. The van der Waals surface area contributed by atoms with Crippen LogP contribution in [0.15, 0.2) is 24.3 Å². The van der Waals surface area contributed by atoms with Crippen LogP contribution < -0.4 is 15.4 Å². The Hall–Kier alpha value is -1.33. The second-order valence-corrected chi connectivity index (χ2v) is 7.36. The van der Waals surface area contributed by atoms with Gasteiger partial charge in [-0.2, -0.15) is 0 Å². The van der Waals surface area contributed by atoms with E-state index in [1.807, 2.05) is 38.1 Å². The summed E-state index contributed by atoms with van der Waals surface area (Å²) in [6, 6.07) is 7.89. The van der Waals surface area contributed by atoms with E-state index in [4.69, 9.17) is 17.0 Å². The van der Waals surface area contributed by atoms with Crippen molar-refractivity contribution in [2.24, 2.45) is 5.92 Å². The maximum absolute atomic E-state index is 5.64. The lowest BCUT2D eigenvalue weighted by Crippen LogP contribution is -2.36. The van der Waals surface area contributed by atoms with E-state index in [1.165, 1.54) is 25.9 Å². The van der Waals surface area contributed by atoms with E-state index < -0.39 is 0 Å². The Labute approximate surface area is 152 Å². The molecular weight excluding hydrogens is 318 g/mol. The van der Waals surface area contributed by atoms with E-state index in [1.54, 1.807) is 0 Å². The number of hydrogen-bond acceptors (Lipinski definition) is 3. The second-order valence-electron chi connectivity index (χ2n) is 6.95. The lowest BCUT2D eigenvalue weighted by atomic mass is 9.99. The number of nitrogens with zero attached hydrogens (tertiary/aromatic N) is 1. The molecule has 0 spiro atoms. The summed E-state index contributed by atoms with van der Waals surface area (Å²) in [6.45, 7) is 11.0. The van der Waals surface area contributed by atoms with Gasteiger partial charge in [0.2, 0.25) is 0 Å². The van der Waals surface area contributed by atoms with E-state index in [0.717, 1.165) is 36.9 Å². The number of hydrogen-bond donors (Lipinski definition) is 2. The summed E-state index contributed by atoms with van der Waals surface area (Å²) in [5.74, 6) is 1.78. The van der Waals surface area contributed by atoms with Crippen molar-refractivity contribution in [3.8, 4) is 5.75 Å². The van der Waals surface area contributed by atoms with Crippen LogP contribution in [0.2, 0.25) is 0 Å². The molecule has 0 saturated carbocycles. The van der Waals surface area contributed by atoms with Crippen molar-refractivity contribution in [3.63, 3.8) is 0 Å². The molecule has 0 radical (unpaired) electrons. The Morgan fingerprint density at radius 2 is 1.92 bits per heavy atom. The molecule has 0 unspecified atom stereocenters. The van der Waals surface area contributed by atoms with Crippen molar-refractivity contribution in [3.05, 3.63) is 24.3 Å². The Kier molecular flexibility index (Phi) is 7.79. The number of benzene rings is 1. The first-order chi connectivity index (χ1) is 11.5. The van der Waals surface area contributed by atoms with Gasteiger partial charge >= 0.3 is 0 Å². The molecule has 4 nitrogen and oxygen atoms in total. The lowest BCUT2D eigenvalue weighted by Gasteiger charge is -2.30. The van der Waals surface area contributed by atoms with Crippen molar-refractivity contribution in [2.75, 3.05) is 31.5 Å². The molecule has 1 aromatic carbocycles. The van der Waals surface area contributed by atoms with Crippen LogP contribution in [0.3, 0.4) is 0 Å². The van der Waals surface area contributed by atoms with Gasteiger partial charge in [0.1, 0.15) is 5.75 Å². The second kappa shape index (κ2) is 9.84. The zero-order valence-corrected chi connectivity index (χ0v) is 16.0. The molecule has 0 atom stereocenters. The van der Waals surface area contributed by atoms with Crippen molar-refractivity contribution >= 4 is 23.0 Å². The Morgan fingerprint density at radius 1 is 1.25 bits per heavy atom. The van der Waals surface area contributed by atoms with Crippen molar-refractivity contribution in [1.29, 1.82) is 0 Å². The van der Waals surface area contributed by atoms with Crippen LogP contribution in [0, 0.1) is 5.92 Å². The predicted octanol–water partition coefficient (Wildman–Crippen LogP) is 3.88. The van der Waals surface area contributed by atoms with Crippen LogP contribution >= 0.6 is 12.2 Å². The fourth-order valence-electron chi connectivity index (χ4n) is 2.85. The summed E-state index contributed by atoms with van der Waals surface area (Å²) < 4.78 is 5.64. The van der Waals surface area contributed by atoms with Gasteiger partial charge < -0.3 is 20.3 Å². The van der Waals surface area contributed by atoms with Crippen molar-refractivity contribution in [1.82, 2.24) is 10.2 Å². The fourth-order valence-corrected chi connectivity index (χ4v) is 3.07. The summed E-state index contributed by atoms with van der Waals surface area (Å²) >= 11 is 5.36. The molecule has 134 valence electrons. The van der Waals surface area contributed by atoms with Crippen LogP contribution in [0.4, 0.5) is 5.69 Å². The number of nitrogens with one attached hydrogen (secondary N) is 2. The molecule has 0 aromatic heterocycles. The zero-order valence-electron chi connectivity index (χ0n) is 15.2. The number of ether oxygens (including phenoxy) is 1. The van der Waals surface area contributed by atoms with Crippen LogP contribution in [0.5, 0.6) is 5.75 Å². The minimum atomic E-state index is 0.190. The lowest BCUT2D eigenvalue weighted by molar-refractivity contribution is 0.191. The molecule has 0 aliphatic carbocycles. The SMILES string of the molecule is CC1CCN(CCCNC(=S)Nc2ccc(OC(C)C)cc2)CC1. The average molecular weight is 350 g/mol. The van der Waals surface area contributed by atoms with E-state index >= 15 is 0 Å². The van der Waals surface area contributed by atoms with E-state index in [2.05, 4.69) is 22.5 Å². The number of rotatable bonds is 7. The first kappa shape index (κ1) is 19.0. The molecule has 2 N–H and O–H groups in total. The monoisotopic (exact) mass is 349 g/mol. The highest BCUT2D eigenvalue weighted by Gasteiger charge is 2.14. The summed E-state index contributed by atoms with van der Waals surface area (Å²) in [6.07, 6.45) is 3.99. The third-order valence-electron chi connectivity index (χ3n) is 4.30. The molecule has 1 aliphatic heterocycles. The highest BCUT2D eigenvalue weighted by Crippen LogP contribution is 2.17. The van der Waals surface area contributed by atoms with Crippen molar-refractivity contribution < 1.29 is 4.74 Å². The summed E-state index contributed by atoms with van der Waals surface area (Å²) in [4.78, 5) is 2.56. The molecule has 5 heteroatoms. The van der Waals surface area contributed by atoms with Gasteiger partial charge in [-0.25, -0.2) is 0 Å². The maximum Gasteiger partial charge on any atom is 0.170 e. The third kappa shape index (κ3) is 7.05. The van der Waals surface area contributed by atoms with Gasteiger partial charge in [-0.3, -0.25) is 0 Å². The smallest absolute Gasteiger partial charge is 0.170 e.